The Morgan fingerprint density at radius 1 is 1.07 bits per heavy atom. The maximum absolute atomic E-state index is 14.5. The lowest BCUT2D eigenvalue weighted by atomic mass is 10.1. The van der Waals surface area contributed by atoms with Gasteiger partial charge in [0.05, 0.1) is 10.6 Å². The Morgan fingerprint density at radius 2 is 1.77 bits per heavy atom. The second kappa shape index (κ2) is 8.73. The van der Waals surface area contributed by atoms with Gasteiger partial charge in [0, 0.05) is 22.9 Å². The Hall–Kier alpha value is -3.10. The lowest BCUT2D eigenvalue weighted by Crippen LogP contribution is -2.18. The van der Waals surface area contributed by atoms with Crippen LogP contribution in [0.25, 0.3) is 6.08 Å². The van der Waals surface area contributed by atoms with Gasteiger partial charge in [0.2, 0.25) is 0 Å². The molecule has 0 saturated carbocycles. The molecule has 154 valence electrons. The molecule has 0 saturated heterocycles. The Labute approximate surface area is 176 Å². The average molecular weight is 450 g/mol. The number of pyridine rings is 1. The highest BCUT2D eigenvalue weighted by Gasteiger charge is 2.34. The summed E-state index contributed by atoms with van der Waals surface area (Å²) < 4.78 is 55.1. The Bertz CT molecular complexity index is 1210. The number of sulfone groups is 1. The van der Waals surface area contributed by atoms with Crippen molar-refractivity contribution in [2.45, 2.75) is 10.1 Å². The van der Waals surface area contributed by atoms with Crippen LogP contribution in [-0.2, 0) is 14.6 Å². The molecule has 9 heteroatoms. The molecule has 1 heterocycles. The molecular weight excluding hydrogens is 436 g/mol. The summed E-state index contributed by atoms with van der Waals surface area (Å²) in [5.74, 6) is -2.87. The topological polar surface area (TPSA) is 84.3 Å². The zero-order valence-electron chi connectivity index (χ0n) is 15.2. The molecule has 3 aromatic rings. The predicted molar refractivity (Wildman–Crippen MR) is 108 cm³/mol. The van der Waals surface area contributed by atoms with E-state index in [0.717, 1.165) is 24.3 Å². The smallest absolute Gasteiger partial charge is 0.328 e. The van der Waals surface area contributed by atoms with Crippen LogP contribution in [0.5, 0.6) is 0 Å². The van der Waals surface area contributed by atoms with Crippen LogP contribution in [0.15, 0.2) is 71.8 Å². The molecule has 1 atom stereocenters. The van der Waals surface area contributed by atoms with Crippen molar-refractivity contribution in [2.24, 2.45) is 0 Å². The van der Waals surface area contributed by atoms with Crippen LogP contribution in [0.2, 0.25) is 5.02 Å². The molecule has 2 aromatic carbocycles. The monoisotopic (exact) mass is 449 g/mol. The predicted octanol–water partition coefficient (Wildman–Crippen LogP) is 4.67. The summed E-state index contributed by atoms with van der Waals surface area (Å²) in [5.41, 5.74) is -0.0586. The van der Waals surface area contributed by atoms with Crippen LogP contribution in [-0.4, -0.2) is 24.5 Å². The molecule has 5 nitrogen and oxygen atoms in total. The van der Waals surface area contributed by atoms with Crippen molar-refractivity contribution < 1.29 is 27.1 Å². The van der Waals surface area contributed by atoms with Crippen LogP contribution in [0.4, 0.5) is 8.78 Å². The van der Waals surface area contributed by atoms with Crippen molar-refractivity contribution in [2.75, 3.05) is 0 Å². The number of benzene rings is 2. The summed E-state index contributed by atoms with van der Waals surface area (Å²) in [4.78, 5) is 14.6. The second-order valence-electron chi connectivity index (χ2n) is 6.23. The van der Waals surface area contributed by atoms with E-state index in [2.05, 4.69) is 4.98 Å². The normalized spacial score (nSPS) is 12.8. The van der Waals surface area contributed by atoms with Crippen LogP contribution in [0, 0.1) is 11.6 Å². The molecule has 1 N–H and O–H groups in total. The first-order valence-corrected chi connectivity index (χ1v) is 10.4. The van der Waals surface area contributed by atoms with Crippen LogP contribution >= 0.6 is 11.6 Å². The third-order valence-corrected chi connectivity index (χ3v) is 6.49. The van der Waals surface area contributed by atoms with Gasteiger partial charge in [0.25, 0.3) is 0 Å². The van der Waals surface area contributed by atoms with Gasteiger partial charge in [-0.25, -0.2) is 22.0 Å². The Morgan fingerprint density at radius 3 is 2.37 bits per heavy atom. The highest BCUT2D eigenvalue weighted by molar-refractivity contribution is 7.91. The fourth-order valence-electron chi connectivity index (χ4n) is 2.80. The Kier molecular flexibility index (Phi) is 6.28. The minimum absolute atomic E-state index is 0.0538. The van der Waals surface area contributed by atoms with Gasteiger partial charge in [-0.05, 0) is 60.2 Å². The van der Waals surface area contributed by atoms with Gasteiger partial charge in [0.15, 0.2) is 9.84 Å². The van der Waals surface area contributed by atoms with Crippen molar-refractivity contribution in [3.63, 3.8) is 0 Å². The number of nitrogens with zero attached hydrogens (tertiary/aromatic N) is 1. The number of hydrogen-bond donors (Lipinski definition) is 1. The van der Waals surface area contributed by atoms with E-state index in [-0.39, 0.29) is 10.6 Å². The molecule has 0 radical (unpaired) electrons. The number of carbonyl (C=O) groups is 1. The van der Waals surface area contributed by atoms with E-state index >= 15 is 0 Å². The molecule has 0 bridgehead atoms. The molecule has 0 spiro atoms. The summed E-state index contributed by atoms with van der Waals surface area (Å²) in [6.45, 7) is 0. The number of hydrogen-bond acceptors (Lipinski definition) is 4. The van der Waals surface area contributed by atoms with Gasteiger partial charge >= 0.3 is 5.97 Å². The third kappa shape index (κ3) is 4.72. The van der Waals surface area contributed by atoms with E-state index in [1.807, 2.05) is 0 Å². The molecule has 3 rings (SSSR count). The maximum Gasteiger partial charge on any atom is 0.328 e. The Balaban J connectivity index is 2.16. The SMILES string of the molecule is O=C(O)C=Cc1ccc(C(c2cc(F)ccc2F)S(=O)(=O)c2ccc(Cl)cc2)nc1. The summed E-state index contributed by atoms with van der Waals surface area (Å²) in [5, 5.41) is 7.38. The van der Waals surface area contributed by atoms with Crippen molar-refractivity contribution in [3.8, 4) is 0 Å². The van der Waals surface area contributed by atoms with Crippen LogP contribution in [0.3, 0.4) is 0 Å². The van der Waals surface area contributed by atoms with Gasteiger partial charge < -0.3 is 5.11 Å². The number of halogens is 3. The van der Waals surface area contributed by atoms with Crippen molar-refractivity contribution in [1.29, 1.82) is 0 Å². The van der Waals surface area contributed by atoms with Crippen molar-refractivity contribution in [1.82, 2.24) is 4.98 Å². The van der Waals surface area contributed by atoms with E-state index in [1.165, 1.54) is 48.7 Å². The van der Waals surface area contributed by atoms with E-state index in [9.17, 15) is 22.0 Å². The van der Waals surface area contributed by atoms with Gasteiger partial charge in [0.1, 0.15) is 16.9 Å². The summed E-state index contributed by atoms with van der Waals surface area (Å²) in [6, 6.07) is 10.6. The van der Waals surface area contributed by atoms with E-state index in [1.54, 1.807) is 0 Å². The summed E-state index contributed by atoms with van der Waals surface area (Å²) in [6.07, 6.45) is 3.41. The molecule has 30 heavy (non-hydrogen) atoms. The van der Waals surface area contributed by atoms with Gasteiger partial charge in [-0.15, -0.1) is 0 Å². The minimum atomic E-state index is -4.24. The average Bonchev–Trinajstić information content (AvgIpc) is 2.70. The highest BCUT2D eigenvalue weighted by atomic mass is 35.5. The highest BCUT2D eigenvalue weighted by Crippen LogP contribution is 2.36. The fraction of sp³-hybridized carbons (Fsp3) is 0.0476. The zero-order valence-corrected chi connectivity index (χ0v) is 16.7. The van der Waals surface area contributed by atoms with Crippen LogP contribution in [0.1, 0.15) is 22.1 Å². The quantitative estimate of drug-likeness (QED) is 0.552. The van der Waals surface area contributed by atoms with Gasteiger partial charge in [-0.1, -0.05) is 17.7 Å². The molecule has 0 amide bonds. The van der Waals surface area contributed by atoms with Gasteiger partial charge in [-0.2, -0.15) is 0 Å². The number of carboxylic acids is 1. The van der Waals surface area contributed by atoms with E-state index in [0.29, 0.717) is 10.6 Å². The molecule has 1 aromatic heterocycles. The number of carboxylic acid groups (broad SMARTS) is 1. The lowest BCUT2D eigenvalue weighted by Gasteiger charge is -2.19. The van der Waals surface area contributed by atoms with E-state index in [4.69, 9.17) is 16.7 Å². The lowest BCUT2D eigenvalue weighted by molar-refractivity contribution is -0.131. The number of aromatic nitrogens is 1. The van der Waals surface area contributed by atoms with E-state index < -0.39 is 38.3 Å². The molecule has 0 aliphatic heterocycles. The standard InChI is InChI=1S/C21H14ClF2NO4S/c22-14-3-6-16(7-4-14)30(28,29)21(17-11-15(23)5-8-18(17)24)19-9-1-13(12-25-19)2-10-20(26)27/h1-12,21H,(H,26,27). The zero-order chi connectivity index (χ0) is 21.9. The van der Waals surface area contributed by atoms with Crippen molar-refractivity contribution >= 4 is 33.5 Å². The molecule has 0 fully saturated rings. The first-order chi connectivity index (χ1) is 14.2. The fourth-order valence-corrected chi connectivity index (χ4v) is 4.69. The summed E-state index contributed by atoms with van der Waals surface area (Å²) in [7, 11) is -4.24. The maximum atomic E-state index is 14.5. The largest absolute Gasteiger partial charge is 0.478 e. The number of rotatable bonds is 6. The molecule has 0 aliphatic carbocycles. The minimum Gasteiger partial charge on any atom is -0.478 e. The summed E-state index contributed by atoms with van der Waals surface area (Å²) >= 11 is 5.83. The molecule has 0 aliphatic rings. The van der Waals surface area contributed by atoms with Crippen LogP contribution < -0.4 is 0 Å². The number of aliphatic carboxylic acids is 1. The van der Waals surface area contributed by atoms with Crippen molar-refractivity contribution in [3.05, 3.63) is 100 Å². The second-order valence-corrected chi connectivity index (χ2v) is 8.70. The third-order valence-electron chi connectivity index (χ3n) is 4.19. The first kappa shape index (κ1) is 21.6. The van der Waals surface area contributed by atoms with Gasteiger partial charge in [-0.3, -0.25) is 4.98 Å². The first-order valence-electron chi connectivity index (χ1n) is 8.50. The molecular formula is C21H14ClF2NO4S. The molecule has 1 unspecified atom stereocenters.